The van der Waals surface area contributed by atoms with Gasteiger partial charge in [-0.05, 0) is 240 Å². The van der Waals surface area contributed by atoms with Gasteiger partial charge in [0.25, 0.3) is 5.91 Å². The van der Waals surface area contributed by atoms with Gasteiger partial charge in [-0.25, -0.2) is 4.79 Å². The summed E-state index contributed by atoms with van der Waals surface area (Å²) in [6, 6.07) is 41.2. The Morgan fingerprint density at radius 2 is 0.853 bits per heavy atom. The topological polar surface area (TPSA) is 97.8 Å². The number of fused-ring (bicyclic) bond motifs is 2. The number of nitrogens with zero attached hydrogens (tertiary/aromatic N) is 1. The van der Waals surface area contributed by atoms with E-state index in [4.69, 9.17) is 9.47 Å². The van der Waals surface area contributed by atoms with Crippen LogP contribution in [0, 0.1) is 35.5 Å². The van der Waals surface area contributed by atoms with Gasteiger partial charge in [0.05, 0.1) is 19.8 Å². The second-order valence-electron chi connectivity index (χ2n) is 21.8. The van der Waals surface area contributed by atoms with Crippen molar-refractivity contribution in [3.63, 3.8) is 0 Å². The number of hydrogen-bond acceptors (Lipinski definition) is 5. The zero-order valence-corrected chi connectivity index (χ0v) is 39.2. The average molecular weight is 901 g/mol. The lowest BCUT2D eigenvalue weighted by Gasteiger charge is -2.57. The molecule has 6 aromatic carbocycles. The summed E-state index contributed by atoms with van der Waals surface area (Å²) >= 11 is 0. The highest BCUT2D eigenvalue weighted by Gasteiger charge is 2.54. The van der Waals surface area contributed by atoms with E-state index in [9.17, 15) is 14.7 Å². The minimum absolute atomic E-state index is 0.118. The Bertz CT molecular complexity index is 3030. The first kappa shape index (κ1) is 42.9. The summed E-state index contributed by atoms with van der Waals surface area (Å²) in [6.07, 6.45) is 19.9. The first-order chi connectivity index (χ1) is 33.1. The lowest BCUT2D eigenvalue weighted by Crippen LogP contribution is -2.48. The van der Waals surface area contributed by atoms with Crippen molar-refractivity contribution in [3.05, 3.63) is 156 Å². The van der Waals surface area contributed by atoms with E-state index in [0.717, 1.165) is 74.2 Å². The van der Waals surface area contributed by atoms with E-state index in [1.165, 1.54) is 110 Å². The minimum Gasteiger partial charge on any atom is -0.496 e. The molecule has 8 fully saturated rings. The van der Waals surface area contributed by atoms with Gasteiger partial charge in [-0.2, -0.15) is 0 Å². The van der Waals surface area contributed by atoms with Crippen molar-refractivity contribution in [2.24, 2.45) is 35.5 Å². The van der Waals surface area contributed by atoms with Crippen molar-refractivity contribution < 1.29 is 24.2 Å². The van der Waals surface area contributed by atoms with Crippen LogP contribution in [0.4, 0.5) is 5.69 Å². The lowest BCUT2D eigenvalue weighted by molar-refractivity contribution is -0.00627. The molecule has 1 aromatic heterocycles. The molecule has 0 saturated heterocycles. The first-order valence-corrected chi connectivity index (χ1v) is 25.0. The number of hydrogen-bond donors (Lipinski definition) is 2. The largest absolute Gasteiger partial charge is 0.496 e. The fourth-order valence-electron chi connectivity index (χ4n) is 15.2. The maximum atomic E-state index is 12.8. The standard InChI is InChI=1S/C33H32N2O2.C28H28O3/c1-37-31-7-6-27(17-30(31)33-18-21-12-22(19-33)14-23(13-21)20-33)25-2-3-26-16-28(5-4-24(26)15-25)32(36)35-29-8-10-34-11-9-29;1-31-26-7-6-23(21-2-3-22-12-24(27(29)30)5-4-20(22)11-21)13-25(26)28-14-17-8-18(15-28)10-19(9-17)16-28/h2-11,15-17,21-23H,12-14,18-20H2,1H3,(H,34,35,36);2-7,11-13,17-19H,8-10,14-16H2,1H3,(H,29,30). The number of carbonyl (C=O) groups excluding carboxylic acids is 1. The summed E-state index contributed by atoms with van der Waals surface area (Å²) in [7, 11) is 3.62. The van der Waals surface area contributed by atoms with E-state index in [1.807, 2.05) is 37.4 Å². The quantitative estimate of drug-likeness (QED) is 0.150. The predicted octanol–water partition coefficient (Wildman–Crippen LogP) is 14.3. The van der Waals surface area contributed by atoms with E-state index >= 15 is 0 Å². The Hall–Kier alpha value is -6.47. The highest BCUT2D eigenvalue weighted by atomic mass is 16.5. The Morgan fingerprint density at radius 1 is 0.485 bits per heavy atom. The molecule has 0 spiro atoms. The second-order valence-corrected chi connectivity index (χ2v) is 21.8. The molecule has 8 aliphatic carbocycles. The number of carboxylic acid groups (broad SMARTS) is 1. The summed E-state index contributed by atoms with van der Waals surface area (Å²) in [6.45, 7) is 0. The van der Waals surface area contributed by atoms with Crippen LogP contribution in [0.1, 0.15) is 109 Å². The Kier molecular flexibility index (Phi) is 10.7. The highest BCUT2D eigenvalue weighted by molar-refractivity contribution is 6.06. The van der Waals surface area contributed by atoms with E-state index in [0.29, 0.717) is 11.1 Å². The number of benzene rings is 6. The van der Waals surface area contributed by atoms with Crippen LogP contribution in [-0.4, -0.2) is 36.2 Å². The van der Waals surface area contributed by atoms with Gasteiger partial charge < -0.3 is 19.9 Å². The molecule has 7 nitrogen and oxygen atoms in total. The van der Waals surface area contributed by atoms with E-state index < -0.39 is 5.97 Å². The average Bonchev–Trinajstić information content (AvgIpc) is 3.35. The van der Waals surface area contributed by atoms with Gasteiger partial charge >= 0.3 is 5.97 Å². The summed E-state index contributed by atoms with van der Waals surface area (Å²) in [5.74, 6) is 6.44. The molecule has 68 heavy (non-hydrogen) atoms. The molecule has 15 rings (SSSR count). The number of pyridine rings is 1. The van der Waals surface area contributed by atoms with Gasteiger partial charge in [0.15, 0.2) is 0 Å². The monoisotopic (exact) mass is 900 g/mol. The number of carbonyl (C=O) groups is 2. The third-order valence-electron chi connectivity index (χ3n) is 17.4. The third-order valence-corrected chi connectivity index (χ3v) is 17.4. The van der Waals surface area contributed by atoms with Crippen LogP contribution in [0.2, 0.25) is 0 Å². The van der Waals surface area contributed by atoms with Gasteiger partial charge in [0.1, 0.15) is 11.5 Å². The number of anilines is 1. The van der Waals surface area contributed by atoms with Crippen molar-refractivity contribution >= 4 is 39.1 Å². The van der Waals surface area contributed by atoms with Crippen LogP contribution in [0.3, 0.4) is 0 Å². The number of carboxylic acids is 1. The smallest absolute Gasteiger partial charge is 0.335 e. The molecule has 0 atom stereocenters. The fourth-order valence-corrected chi connectivity index (χ4v) is 15.2. The van der Waals surface area contributed by atoms with Crippen LogP contribution in [0.5, 0.6) is 11.5 Å². The summed E-state index contributed by atoms with van der Waals surface area (Å²) in [5, 5.41) is 16.4. The normalized spacial score (nSPS) is 27.1. The summed E-state index contributed by atoms with van der Waals surface area (Å²) in [5.41, 5.74) is 9.95. The molecule has 0 radical (unpaired) electrons. The number of aromatic nitrogens is 1. The molecule has 8 bridgehead atoms. The van der Waals surface area contributed by atoms with Crippen LogP contribution in [0.15, 0.2) is 134 Å². The third kappa shape index (κ3) is 7.82. The Morgan fingerprint density at radius 3 is 1.28 bits per heavy atom. The summed E-state index contributed by atoms with van der Waals surface area (Å²) < 4.78 is 11.8. The number of nitrogens with one attached hydrogen (secondary N) is 1. The van der Waals surface area contributed by atoms with Crippen LogP contribution in [-0.2, 0) is 10.8 Å². The molecule has 2 N–H and O–H groups in total. The number of ether oxygens (including phenoxy) is 2. The number of aromatic carboxylic acids is 1. The number of methoxy groups -OCH3 is 2. The molecule has 7 heteroatoms. The van der Waals surface area contributed by atoms with Crippen molar-refractivity contribution in [2.75, 3.05) is 19.5 Å². The SMILES string of the molecule is COc1ccc(-c2ccc3cc(C(=O)Nc4ccncc4)ccc3c2)cc1C12CC3CC(CC(C3)C1)C2.COc1ccc(-c2ccc3cc(C(=O)O)ccc3c2)cc1C12CC3CC(CC(C3)C1)C2. The number of amides is 1. The van der Waals surface area contributed by atoms with Gasteiger partial charge in [-0.15, -0.1) is 0 Å². The van der Waals surface area contributed by atoms with E-state index in [1.54, 1.807) is 43.8 Å². The van der Waals surface area contributed by atoms with Crippen molar-refractivity contribution in [3.8, 4) is 33.8 Å². The Balaban J connectivity index is 0.000000143. The lowest BCUT2D eigenvalue weighted by atomic mass is 9.48. The zero-order valence-electron chi connectivity index (χ0n) is 39.2. The maximum absolute atomic E-state index is 12.8. The molecule has 0 aliphatic heterocycles. The molecular weight excluding hydrogens is 841 g/mol. The van der Waals surface area contributed by atoms with Gasteiger partial charge in [-0.3, -0.25) is 9.78 Å². The van der Waals surface area contributed by atoms with Gasteiger partial charge in [0.2, 0.25) is 0 Å². The molecule has 8 saturated carbocycles. The predicted molar refractivity (Wildman–Crippen MR) is 271 cm³/mol. The van der Waals surface area contributed by atoms with Gasteiger partial charge in [-0.1, -0.05) is 48.5 Å². The van der Waals surface area contributed by atoms with Crippen molar-refractivity contribution in [2.45, 2.75) is 87.9 Å². The first-order valence-electron chi connectivity index (χ1n) is 25.0. The van der Waals surface area contributed by atoms with Crippen molar-refractivity contribution in [1.82, 2.24) is 4.98 Å². The minimum atomic E-state index is -0.888. The van der Waals surface area contributed by atoms with E-state index in [-0.39, 0.29) is 16.7 Å². The van der Waals surface area contributed by atoms with Gasteiger partial charge in [0, 0.05) is 34.8 Å². The second kappa shape index (κ2) is 16.9. The zero-order chi connectivity index (χ0) is 46.1. The molecule has 1 heterocycles. The highest BCUT2D eigenvalue weighted by Crippen LogP contribution is 2.63. The molecular formula is C61H60N2O5. The van der Waals surface area contributed by atoms with Crippen LogP contribution < -0.4 is 14.8 Å². The molecule has 1 amide bonds. The molecule has 8 aliphatic rings. The van der Waals surface area contributed by atoms with Crippen molar-refractivity contribution in [1.29, 1.82) is 0 Å². The molecule has 344 valence electrons. The summed E-state index contributed by atoms with van der Waals surface area (Å²) in [4.78, 5) is 28.0. The molecule has 0 unspecified atom stereocenters. The molecule has 7 aromatic rings. The van der Waals surface area contributed by atoms with E-state index in [2.05, 4.69) is 77.0 Å². The Labute approximate surface area is 399 Å². The van der Waals surface area contributed by atoms with Crippen LogP contribution in [0.25, 0.3) is 43.8 Å². The maximum Gasteiger partial charge on any atom is 0.335 e. The van der Waals surface area contributed by atoms with Crippen LogP contribution >= 0.6 is 0 Å². The number of rotatable bonds is 9. The fraction of sp³-hybridized carbons (Fsp3) is 0.361.